The number of carboxylic acid groups (broad SMARTS) is 1. The average molecular weight is 1910 g/mol. The first-order valence-corrected chi connectivity index (χ1v) is 48.4. The normalized spacial score (nSPS) is 12.6. The molecule has 28 nitrogen and oxygen atoms in total. The smallest absolute Gasteiger partial charge is 1.00 e. The van der Waals surface area contributed by atoms with E-state index in [4.69, 9.17) is 63.3 Å². The number of phenols is 3. The predicted octanol–water partition coefficient (Wildman–Crippen LogP) is 10.7. The number of ether oxygens (including phenoxy) is 6. The van der Waals surface area contributed by atoms with Crippen LogP contribution >= 0.6 is 28.3 Å². The number of hydrogen-bond donors (Lipinski definition) is 5. The summed E-state index contributed by atoms with van der Waals surface area (Å²) in [6, 6.07) is 28.8. The number of nitrogens with zero attached hydrogens (tertiary/aromatic N) is 2. The van der Waals surface area contributed by atoms with Gasteiger partial charge in [-0.1, -0.05) is 156 Å². The van der Waals surface area contributed by atoms with Gasteiger partial charge in [-0.2, -0.15) is 0 Å². The maximum Gasteiger partial charge on any atom is 1.00 e. The molecule has 3 atom stereocenters. The Bertz CT molecular complexity index is 4500. The number of methoxy groups -OCH3 is 6. The van der Waals surface area contributed by atoms with Gasteiger partial charge in [0, 0.05) is 29.5 Å². The minimum atomic E-state index is -1.98. The molecule has 2 aliphatic heterocycles. The summed E-state index contributed by atoms with van der Waals surface area (Å²) in [4.78, 5) is 119. The number of halogens is 2. The van der Waals surface area contributed by atoms with Crippen LogP contribution in [0, 0.1) is 38.5 Å². The molecule has 6 N–H and O–H groups in total. The molecule has 123 heavy (non-hydrogen) atoms. The molecule has 0 fully saturated rings. The number of alkyl halides is 1. The second kappa shape index (κ2) is 54.6. The second-order valence-electron chi connectivity index (χ2n) is 33.7. The Morgan fingerprint density at radius 2 is 0.764 bits per heavy atom. The fourth-order valence-corrected chi connectivity index (χ4v) is 14.0. The molecule has 0 aromatic heterocycles. The van der Waals surface area contributed by atoms with Crippen LogP contribution in [0.1, 0.15) is 201 Å². The third kappa shape index (κ3) is 37.0. The van der Waals surface area contributed by atoms with E-state index in [1.165, 1.54) is 84.0 Å². The SMILES string of the molecule is COC(=O)[C@@H](N)C(C)C.COC(=O)[C@H](C(C)C)N1Cc2ccc(O)cc2C1=O.COC(=O)[C@H](C(C)C)N1Cc2ccc(O[Si](C)(C)C(C)(C)C)cc2C1=O.COC(=O)c1cc(O)ccc1C.COC(=O)c1cc(O[Si](C)(C)C(C)(C)C)ccc1C.COC(=O)c1cc(O[Si](C)(C)C(C)(C)C)ccc1CBr.Cc1ccc(O)cc1C(=O)O.Cl.O=CO[O-].[H-].[K+].[K+]. The zero-order valence-electron chi connectivity index (χ0n) is 78.7. The van der Waals surface area contributed by atoms with E-state index in [1.54, 1.807) is 49.1 Å². The minimum Gasteiger partial charge on any atom is -1.00 e. The number of amides is 2. The minimum absolute atomic E-state index is 0. The van der Waals surface area contributed by atoms with Crippen molar-refractivity contribution in [3.05, 3.63) is 176 Å². The summed E-state index contributed by atoms with van der Waals surface area (Å²) in [6.45, 7) is 50.1. The number of hydrogen-bond acceptors (Lipinski definition) is 25. The Balaban J connectivity index is -0.000000683. The number of phenolic OH excluding ortho intramolecular Hbond substituents is 3. The van der Waals surface area contributed by atoms with E-state index in [0.717, 1.165) is 45.1 Å². The van der Waals surface area contributed by atoms with Gasteiger partial charge in [0.25, 0.3) is 18.3 Å². The van der Waals surface area contributed by atoms with Gasteiger partial charge in [0.1, 0.15) is 52.6 Å². The van der Waals surface area contributed by atoms with E-state index in [-0.39, 0.29) is 214 Å². The summed E-state index contributed by atoms with van der Waals surface area (Å²) in [5.74, 6) is -1.21. The van der Waals surface area contributed by atoms with E-state index < -0.39 is 61.0 Å². The predicted molar refractivity (Wildman–Crippen MR) is 476 cm³/mol. The van der Waals surface area contributed by atoms with Gasteiger partial charge in [-0.05, 0) is 199 Å². The largest absolute Gasteiger partial charge is 1.00 e. The van der Waals surface area contributed by atoms with E-state index >= 15 is 0 Å². The Labute approximate surface area is 830 Å². The molecule has 0 radical (unpaired) electrons. The summed E-state index contributed by atoms with van der Waals surface area (Å²) < 4.78 is 47.0. The molecule has 0 bridgehead atoms. The van der Waals surface area contributed by atoms with E-state index in [2.05, 4.69) is 132 Å². The van der Waals surface area contributed by atoms with Crippen LogP contribution in [0.2, 0.25) is 54.4 Å². The van der Waals surface area contributed by atoms with Crippen molar-refractivity contribution >= 4 is 113 Å². The monoisotopic (exact) mass is 1900 g/mol. The van der Waals surface area contributed by atoms with Crippen molar-refractivity contribution < 1.29 is 224 Å². The number of esters is 6. The molecule has 2 amide bonds. The van der Waals surface area contributed by atoms with E-state index in [0.29, 0.717) is 51.8 Å². The summed E-state index contributed by atoms with van der Waals surface area (Å²) in [5.41, 5.74) is 13.1. The van der Waals surface area contributed by atoms with Gasteiger partial charge in [0.15, 0.2) is 0 Å². The van der Waals surface area contributed by atoms with Crippen molar-refractivity contribution in [2.75, 3.05) is 42.7 Å². The molecule has 0 unspecified atom stereocenters. The maximum atomic E-state index is 13.0. The summed E-state index contributed by atoms with van der Waals surface area (Å²) in [5, 5.41) is 45.4. The maximum absolute atomic E-state index is 13.0. The van der Waals surface area contributed by atoms with Gasteiger partial charge in [0.2, 0.25) is 25.0 Å². The Morgan fingerprint density at radius 1 is 0.472 bits per heavy atom. The number of carbonyl (C=O) groups excluding carboxylic acids is 9. The first-order valence-electron chi connectivity index (χ1n) is 38.5. The Morgan fingerprint density at radius 3 is 1.08 bits per heavy atom. The van der Waals surface area contributed by atoms with E-state index in [9.17, 15) is 48.3 Å². The zero-order chi connectivity index (χ0) is 92.8. The van der Waals surface area contributed by atoms with Crippen LogP contribution in [0.3, 0.4) is 0 Å². The van der Waals surface area contributed by atoms with Crippen molar-refractivity contribution in [3.63, 3.8) is 0 Å². The molecule has 0 saturated carbocycles. The number of aromatic carboxylic acids is 1. The third-order valence-corrected chi connectivity index (χ3v) is 34.4. The number of carbonyl (C=O) groups is 10. The van der Waals surface area contributed by atoms with Crippen LogP contribution in [-0.2, 0) is 70.9 Å². The first kappa shape index (κ1) is 121. The molecule has 0 aliphatic carbocycles. The summed E-state index contributed by atoms with van der Waals surface area (Å²) in [7, 11) is 2.34. The standard InChI is InChI=1S/C20H31NO4Si.C15H23BrO3Si.C15H24O3Si.C14H17NO4.C9H10O3.C8H8O3.C6H13NO2.CH2O3.ClH.2K.H/c1-13(2)17(19(23)24-6)21-12-14-9-10-15(11-16(14)18(21)22)25-26(7,8)20(3,4)5;1-15(2,3)20(5,6)19-12-8-7-11(10-16)13(9-12)14(17)18-4;1-11-8-9-12(10-13(11)14(16)17-5)18-19(6,7)15(2,3)4;1-8(2)12(14(18)19-3)15-7-9-4-5-10(16)6-11(9)13(15)17;1-6-3-4-7(10)5-8(6)9(11)12-2;1-5-2-3-6(9)4-7(5)8(10)11;1-4(2)5(7)6(8)9-3;2-1-4-3;;;;/h9-11,13,17H,12H2,1-8H3;7-9H,10H2,1-6H3;8-10H,1-7H3;4-6,8,12,16H,7H2,1-3H3;3-5,10H,1-2H3;2-4,9H,1H3,(H,10,11);4-5H,7H2,1-3H3;1,3H;1H;;;/q;;;;;;;;;2*+1;-1/p-1/t17-;;;12-;;;5-;;;;;/m0..0..0...../s1. The summed E-state index contributed by atoms with van der Waals surface area (Å²) in [6.07, 6.45) is 0. The zero-order valence-corrected chi connectivity index (χ0v) is 89.3. The first-order chi connectivity index (χ1) is 55.3. The Hall–Kier alpha value is -6.57. The average Bonchev–Trinajstić information content (AvgIpc) is 1.62. The number of benzene rings is 6. The van der Waals surface area contributed by atoms with Gasteiger partial charge < -0.3 is 89.2 Å². The topological polar surface area (TPSA) is 399 Å². The van der Waals surface area contributed by atoms with Crippen LogP contribution in [0.4, 0.5) is 0 Å². The molecule has 35 heteroatoms. The fourth-order valence-electron chi connectivity index (χ4n) is 10.4. The van der Waals surface area contributed by atoms with Crippen molar-refractivity contribution in [3.8, 4) is 34.5 Å². The fraction of sp³-hybridized carbons (Fsp3) is 0.477. The number of carboxylic acids is 1. The molecule has 0 saturated heterocycles. The molecule has 674 valence electrons. The number of aromatic hydroxyl groups is 3. The second-order valence-corrected chi connectivity index (χ2v) is 48.5. The quantitative estimate of drug-likeness (QED) is 0.00901. The third-order valence-electron chi connectivity index (χ3n) is 20.7. The summed E-state index contributed by atoms with van der Waals surface area (Å²) >= 11 is 3.38. The number of fused-ring (bicyclic) bond motifs is 2. The molecule has 0 spiro atoms. The number of rotatable bonds is 20. The van der Waals surface area contributed by atoms with Gasteiger partial charge in [-0.15, -0.1) is 12.4 Å². The molecular weight excluding hydrogens is 1780 g/mol. The van der Waals surface area contributed by atoms with E-state index in [1.807, 2.05) is 90.9 Å². The number of aryl methyl sites for hydroxylation is 3. The van der Waals surface area contributed by atoms with Gasteiger partial charge >= 0.3 is 145 Å². The van der Waals surface area contributed by atoms with Crippen LogP contribution in [0.25, 0.3) is 0 Å². The molecular formula is C88H129BrClK2N3O25Si3. The Kier molecular flexibility index (Phi) is 53.5. The molecule has 2 aliphatic rings. The molecule has 8 rings (SSSR count). The van der Waals surface area contributed by atoms with Crippen LogP contribution in [0.15, 0.2) is 109 Å². The van der Waals surface area contributed by atoms with Crippen molar-refractivity contribution in [2.24, 2.45) is 23.5 Å². The van der Waals surface area contributed by atoms with Gasteiger partial charge in [-0.25, -0.2) is 28.8 Å². The van der Waals surface area contributed by atoms with Crippen LogP contribution in [-0.4, -0.2) is 176 Å². The molecule has 2 heterocycles. The molecule has 6 aromatic carbocycles. The number of nitrogens with two attached hydrogens (primary N) is 1. The van der Waals surface area contributed by atoms with Gasteiger partial charge in [-0.3, -0.25) is 19.2 Å². The van der Waals surface area contributed by atoms with Crippen LogP contribution in [0.5, 0.6) is 34.5 Å². The van der Waals surface area contributed by atoms with Gasteiger partial charge in [0.05, 0.1) is 64.9 Å². The van der Waals surface area contributed by atoms with Crippen molar-refractivity contribution in [2.45, 2.75) is 216 Å². The van der Waals surface area contributed by atoms with Crippen molar-refractivity contribution in [1.29, 1.82) is 0 Å². The van der Waals surface area contributed by atoms with Crippen LogP contribution < -0.4 is 127 Å². The van der Waals surface area contributed by atoms with Crippen molar-refractivity contribution in [1.82, 2.24) is 9.80 Å². The molecule has 6 aromatic rings.